The summed E-state index contributed by atoms with van der Waals surface area (Å²) in [5.74, 6) is 2.50. The zero-order chi connectivity index (χ0) is 14.9. The van der Waals surface area contributed by atoms with Gasteiger partial charge in [-0.15, -0.1) is 0 Å². The van der Waals surface area contributed by atoms with Crippen LogP contribution in [0.15, 0.2) is 24.3 Å². The molecule has 4 heteroatoms. The molecule has 0 spiro atoms. The van der Waals surface area contributed by atoms with Gasteiger partial charge in [-0.3, -0.25) is 15.2 Å². The van der Waals surface area contributed by atoms with Crippen molar-refractivity contribution in [1.82, 2.24) is 15.2 Å². The first-order valence-corrected chi connectivity index (χ1v) is 11.7. The number of fused-ring (bicyclic) bond motifs is 1. The highest BCUT2D eigenvalue weighted by Crippen LogP contribution is 2.54. The molecule has 1 saturated heterocycles. The van der Waals surface area contributed by atoms with Gasteiger partial charge in [0.1, 0.15) is 8.24 Å². The van der Waals surface area contributed by atoms with E-state index in [4.69, 9.17) is 0 Å². The van der Waals surface area contributed by atoms with Crippen molar-refractivity contribution in [2.75, 3.05) is 20.0 Å². The predicted octanol–water partition coefficient (Wildman–Crippen LogP) is 3.11. The van der Waals surface area contributed by atoms with Gasteiger partial charge in [0.2, 0.25) is 0 Å². The Labute approximate surface area is 131 Å². The average Bonchev–Trinajstić information content (AvgIpc) is 2.88. The quantitative estimate of drug-likeness (QED) is 0.782. The Bertz CT molecular complexity index is 412. The molecule has 4 unspecified atom stereocenters. The van der Waals surface area contributed by atoms with Crippen molar-refractivity contribution >= 4 is 8.24 Å². The Morgan fingerprint density at radius 2 is 1.76 bits per heavy atom. The Morgan fingerprint density at radius 1 is 1.10 bits per heavy atom. The minimum atomic E-state index is -1.43. The monoisotopic (exact) mass is 305 g/mol. The minimum absolute atomic E-state index is 0.787. The van der Waals surface area contributed by atoms with Gasteiger partial charge in [-0.2, -0.15) is 0 Å². The van der Waals surface area contributed by atoms with Crippen molar-refractivity contribution < 1.29 is 0 Å². The van der Waals surface area contributed by atoms with Crippen LogP contribution in [0.2, 0.25) is 18.6 Å². The standard InChI is InChI=1S/C17H31N3Si/c1-4-7-14-10-17(16-9-6-5-8-15(14)16)21(2,3)20-12-18-11-19-13-20/h5-6,8-9,14-19H,4,7,10-13H2,1-3H3. The van der Waals surface area contributed by atoms with Gasteiger partial charge in [-0.1, -0.05) is 57.2 Å². The smallest absolute Gasteiger partial charge is 0.128 e. The van der Waals surface area contributed by atoms with Crippen LogP contribution in [0.3, 0.4) is 0 Å². The van der Waals surface area contributed by atoms with Gasteiger partial charge in [0.15, 0.2) is 0 Å². The van der Waals surface area contributed by atoms with E-state index in [0.29, 0.717) is 0 Å². The van der Waals surface area contributed by atoms with Crippen LogP contribution in [-0.4, -0.2) is 32.8 Å². The Morgan fingerprint density at radius 3 is 2.43 bits per heavy atom. The normalized spacial score (nSPS) is 36.9. The van der Waals surface area contributed by atoms with Crippen LogP contribution in [0.1, 0.15) is 26.2 Å². The summed E-state index contributed by atoms with van der Waals surface area (Å²) in [5, 5.41) is 6.98. The second-order valence-electron chi connectivity index (χ2n) is 7.50. The van der Waals surface area contributed by atoms with Crippen molar-refractivity contribution in [2.24, 2.45) is 17.8 Å². The van der Waals surface area contributed by atoms with Crippen molar-refractivity contribution in [2.45, 2.75) is 44.8 Å². The first kappa shape index (κ1) is 15.5. The topological polar surface area (TPSA) is 27.3 Å². The summed E-state index contributed by atoms with van der Waals surface area (Å²) >= 11 is 0. The van der Waals surface area contributed by atoms with Gasteiger partial charge in [0.05, 0.1) is 0 Å². The molecule has 0 aromatic rings. The molecule has 4 atom stereocenters. The maximum Gasteiger partial charge on any atom is 0.128 e. The highest BCUT2D eigenvalue weighted by molar-refractivity contribution is 6.76. The largest absolute Gasteiger partial charge is 0.299 e. The molecule has 3 nitrogen and oxygen atoms in total. The van der Waals surface area contributed by atoms with Gasteiger partial charge in [-0.05, 0) is 29.7 Å². The van der Waals surface area contributed by atoms with Crippen LogP contribution in [0, 0.1) is 17.8 Å². The van der Waals surface area contributed by atoms with Crippen LogP contribution in [0.4, 0.5) is 0 Å². The van der Waals surface area contributed by atoms with Gasteiger partial charge < -0.3 is 0 Å². The van der Waals surface area contributed by atoms with E-state index in [1.54, 1.807) is 0 Å². The van der Waals surface area contributed by atoms with E-state index in [0.717, 1.165) is 43.3 Å². The molecule has 118 valence electrons. The van der Waals surface area contributed by atoms with Crippen LogP contribution in [0.25, 0.3) is 0 Å². The highest BCUT2D eigenvalue weighted by Gasteiger charge is 2.50. The number of nitrogens with one attached hydrogen (secondary N) is 2. The predicted molar refractivity (Wildman–Crippen MR) is 92.2 cm³/mol. The van der Waals surface area contributed by atoms with Crippen molar-refractivity contribution in [3.8, 4) is 0 Å². The zero-order valence-corrected chi connectivity index (χ0v) is 14.8. The maximum atomic E-state index is 3.49. The number of rotatable bonds is 4. The minimum Gasteiger partial charge on any atom is -0.299 e. The fraction of sp³-hybridized carbons (Fsp3) is 0.765. The molecule has 21 heavy (non-hydrogen) atoms. The third-order valence-corrected chi connectivity index (χ3v) is 10.4. The highest BCUT2D eigenvalue weighted by atomic mass is 28.3. The van der Waals surface area contributed by atoms with E-state index in [2.05, 4.69) is 59.5 Å². The summed E-state index contributed by atoms with van der Waals surface area (Å²) in [6, 6.07) is 0. The van der Waals surface area contributed by atoms with E-state index in [9.17, 15) is 0 Å². The molecule has 0 aromatic heterocycles. The molecule has 3 rings (SSSR count). The third-order valence-electron chi connectivity index (χ3n) is 6.03. The summed E-state index contributed by atoms with van der Waals surface area (Å²) < 4.78 is 2.72. The number of hydrogen-bond acceptors (Lipinski definition) is 3. The van der Waals surface area contributed by atoms with Crippen LogP contribution in [0.5, 0.6) is 0 Å². The lowest BCUT2D eigenvalue weighted by Gasteiger charge is -2.45. The van der Waals surface area contributed by atoms with E-state index < -0.39 is 8.24 Å². The molecule has 2 aliphatic carbocycles. The average molecular weight is 306 g/mol. The van der Waals surface area contributed by atoms with Gasteiger partial charge in [0.25, 0.3) is 0 Å². The Balaban J connectivity index is 1.80. The lowest BCUT2D eigenvalue weighted by Crippen LogP contribution is -2.63. The molecule has 2 N–H and O–H groups in total. The van der Waals surface area contributed by atoms with E-state index >= 15 is 0 Å². The Kier molecular flexibility index (Phi) is 4.69. The molecule has 1 aliphatic heterocycles. The van der Waals surface area contributed by atoms with Crippen molar-refractivity contribution in [1.29, 1.82) is 0 Å². The van der Waals surface area contributed by atoms with Gasteiger partial charge >= 0.3 is 0 Å². The fourth-order valence-electron chi connectivity index (χ4n) is 4.76. The van der Waals surface area contributed by atoms with E-state index in [1.807, 2.05) is 0 Å². The molecule has 0 bridgehead atoms. The van der Waals surface area contributed by atoms with Gasteiger partial charge in [0, 0.05) is 20.0 Å². The second kappa shape index (κ2) is 6.37. The van der Waals surface area contributed by atoms with Crippen molar-refractivity contribution in [3.05, 3.63) is 24.3 Å². The maximum absolute atomic E-state index is 3.49. The molecular weight excluding hydrogens is 274 g/mol. The molecule has 0 aromatic carbocycles. The molecule has 3 aliphatic rings. The van der Waals surface area contributed by atoms with Crippen LogP contribution >= 0.6 is 0 Å². The Hall–Kier alpha value is -0.423. The van der Waals surface area contributed by atoms with Crippen LogP contribution in [-0.2, 0) is 0 Å². The fourth-order valence-corrected chi connectivity index (χ4v) is 8.43. The van der Waals surface area contributed by atoms with Gasteiger partial charge in [-0.25, -0.2) is 0 Å². The lowest BCUT2D eigenvalue weighted by molar-refractivity contribution is 0.283. The van der Waals surface area contributed by atoms with Crippen molar-refractivity contribution in [3.63, 3.8) is 0 Å². The SMILES string of the molecule is CCCC1CC([Si](C)(C)N2CNCNC2)C2C=CC=CC12. The summed E-state index contributed by atoms with van der Waals surface area (Å²) in [6.07, 6.45) is 13.8. The number of nitrogens with zero attached hydrogens (tertiary/aromatic N) is 1. The molecule has 1 saturated carbocycles. The molecule has 0 radical (unpaired) electrons. The summed E-state index contributed by atoms with van der Waals surface area (Å²) in [6.45, 7) is 10.6. The number of hydrogen-bond donors (Lipinski definition) is 2. The third kappa shape index (κ3) is 2.91. The molecular formula is C17H31N3Si. The number of allylic oxidation sites excluding steroid dienone is 4. The second-order valence-corrected chi connectivity index (χ2v) is 12.2. The van der Waals surface area contributed by atoms with Crippen LogP contribution < -0.4 is 10.6 Å². The van der Waals surface area contributed by atoms with E-state index in [-0.39, 0.29) is 0 Å². The summed E-state index contributed by atoms with van der Waals surface area (Å²) in [5.41, 5.74) is 0.891. The summed E-state index contributed by atoms with van der Waals surface area (Å²) in [7, 11) is -1.43. The first-order valence-electron chi connectivity index (χ1n) is 8.66. The van der Waals surface area contributed by atoms with E-state index in [1.165, 1.54) is 19.3 Å². The first-order chi connectivity index (χ1) is 10.1. The molecule has 0 amide bonds. The molecule has 1 heterocycles. The zero-order valence-electron chi connectivity index (χ0n) is 13.8. The lowest BCUT2D eigenvalue weighted by atomic mass is 9.84. The molecule has 2 fully saturated rings. The summed E-state index contributed by atoms with van der Waals surface area (Å²) in [4.78, 5) is 0.